The van der Waals surface area contributed by atoms with Gasteiger partial charge in [0, 0.05) is 29.1 Å². The number of amides is 2. The van der Waals surface area contributed by atoms with E-state index in [0.29, 0.717) is 27.9 Å². The molecule has 3 aromatic rings. The van der Waals surface area contributed by atoms with Gasteiger partial charge in [0.25, 0.3) is 5.56 Å². The van der Waals surface area contributed by atoms with E-state index in [-0.39, 0.29) is 72.7 Å². The van der Waals surface area contributed by atoms with Crippen LogP contribution >= 0.6 is 11.6 Å². The lowest BCUT2D eigenvalue weighted by atomic mass is 9.86. The van der Waals surface area contributed by atoms with Gasteiger partial charge in [0.15, 0.2) is 5.60 Å². The number of fused-ring (bicyclic) bond motifs is 5. The van der Waals surface area contributed by atoms with E-state index in [1.807, 2.05) is 0 Å². The van der Waals surface area contributed by atoms with Crippen LogP contribution < -0.4 is 21.9 Å². The number of nitrogens with zero attached hydrogens (tertiary/aromatic N) is 2. The van der Waals surface area contributed by atoms with Gasteiger partial charge in [-0.3, -0.25) is 14.4 Å². The summed E-state index contributed by atoms with van der Waals surface area (Å²) in [5, 5.41) is 16.8. The summed E-state index contributed by atoms with van der Waals surface area (Å²) in [7, 11) is 0. The summed E-state index contributed by atoms with van der Waals surface area (Å²) in [5.41, 5.74) is 5.51. The van der Waals surface area contributed by atoms with Crippen molar-refractivity contribution in [2.75, 3.05) is 6.73 Å². The first-order chi connectivity index (χ1) is 20.3. The van der Waals surface area contributed by atoms with Crippen LogP contribution in [0, 0.1) is 5.82 Å². The molecule has 12 nitrogen and oxygen atoms in total. The fraction of sp³-hybridized carbons (Fsp3) is 0.414. The molecule has 43 heavy (non-hydrogen) atoms. The van der Waals surface area contributed by atoms with Crippen LogP contribution in [0.4, 0.5) is 4.39 Å². The maximum absolute atomic E-state index is 14.5. The molecule has 0 saturated carbocycles. The number of carbonyl (C=O) groups excluding carboxylic acids is 3. The average molecular weight is 616 g/mol. The van der Waals surface area contributed by atoms with Crippen molar-refractivity contribution >= 4 is 40.3 Å². The minimum Gasteiger partial charge on any atom is -0.458 e. The first kappa shape index (κ1) is 30.5. The Morgan fingerprint density at radius 1 is 1.26 bits per heavy atom. The number of cyclic esters (lactones) is 1. The lowest BCUT2D eigenvalue weighted by molar-refractivity contribution is -0.172. The number of rotatable bonds is 9. The monoisotopic (exact) mass is 615 g/mol. The molecular weight excluding hydrogens is 585 g/mol. The van der Waals surface area contributed by atoms with Crippen LogP contribution in [0.1, 0.15) is 55.9 Å². The van der Waals surface area contributed by atoms with E-state index in [0.717, 1.165) is 0 Å². The van der Waals surface area contributed by atoms with E-state index in [1.165, 1.54) is 23.6 Å². The molecule has 3 atom stereocenters. The zero-order chi connectivity index (χ0) is 31.2. The minimum atomic E-state index is -2.00. The Morgan fingerprint density at radius 3 is 2.70 bits per heavy atom. The number of aliphatic hydroxyl groups is 1. The summed E-state index contributed by atoms with van der Waals surface area (Å²) in [6, 6.07) is 3.47. The van der Waals surface area contributed by atoms with Crippen molar-refractivity contribution in [2.24, 2.45) is 5.73 Å². The van der Waals surface area contributed by atoms with Crippen molar-refractivity contribution in [1.82, 2.24) is 20.2 Å². The van der Waals surface area contributed by atoms with Crippen LogP contribution in [0.3, 0.4) is 0 Å². The average Bonchev–Trinajstić information content (AvgIpc) is 3.32. The molecule has 14 heteroatoms. The molecule has 0 radical (unpaired) electrons. The van der Waals surface area contributed by atoms with E-state index < -0.39 is 35.1 Å². The third kappa shape index (κ3) is 5.49. The summed E-state index contributed by atoms with van der Waals surface area (Å²) in [5.74, 6) is -2.27. The highest BCUT2D eigenvalue weighted by molar-refractivity contribution is 6.31. The van der Waals surface area contributed by atoms with Crippen molar-refractivity contribution in [2.45, 2.75) is 71.1 Å². The summed E-state index contributed by atoms with van der Waals surface area (Å²) >= 11 is 6.12. The lowest BCUT2D eigenvalue weighted by Crippen LogP contribution is -2.44. The molecule has 0 fully saturated rings. The van der Waals surface area contributed by atoms with E-state index in [9.17, 15) is 28.7 Å². The van der Waals surface area contributed by atoms with Gasteiger partial charge in [-0.25, -0.2) is 14.2 Å². The second kappa shape index (κ2) is 11.6. The SMILES string of the molecule is CC[C@@]1(O)C(=O)OCc2c1cc1n(c2=O)Cc2c-1nc1cc(F)c(Cl)cc1c2CNC(=O)C[C@H](C)OCNC(=O)[C@H](C)N. The number of pyridine rings is 2. The molecule has 0 spiro atoms. The highest BCUT2D eigenvalue weighted by Gasteiger charge is 2.45. The van der Waals surface area contributed by atoms with Crippen LogP contribution in [0.5, 0.6) is 0 Å². The normalized spacial score (nSPS) is 18.3. The molecule has 2 aliphatic rings. The second-order valence-electron chi connectivity index (χ2n) is 10.7. The van der Waals surface area contributed by atoms with Gasteiger partial charge in [0.1, 0.15) is 19.2 Å². The Labute approximate surface area is 250 Å². The second-order valence-corrected chi connectivity index (χ2v) is 11.1. The van der Waals surface area contributed by atoms with Crippen LogP contribution in [0.25, 0.3) is 22.3 Å². The van der Waals surface area contributed by atoms with Crippen molar-refractivity contribution in [3.63, 3.8) is 0 Å². The van der Waals surface area contributed by atoms with Crippen molar-refractivity contribution < 1.29 is 33.4 Å². The van der Waals surface area contributed by atoms with Crippen molar-refractivity contribution in [3.05, 3.63) is 61.6 Å². The number of hydrogen-bond donors (Lipinski definition) is 4. The smallest absolute Gasteiger partial charge is 0.343 e. The third-order valence-corrected chi connectivity index (χ3v) is 8.10. The topological polar surface area (TPSA) is 175 Å². The van der Waals surface area contributed by atoms with E-state index in [4.69, 9.17) is 26.8 Å². The van der Waals surface area contributed by atoms with Crippen molar-refractivity contribution in [1.29, 1.82) is 0 Å². The van der Waals surface area contributed by atoms with Crippen LogP contribution in [0.2, 0.25) is 5.02 Å². The Kier molecular flexibility index (Phi) is 8.27. The third-order valence-electron chi connectivity index (χ3n) is 7.81. The Bertz CT molecular complexity index is 1730. The lowest BCUT2D eigenvalue weighted by Gasteiger charge is -2.31. The zero-order valence-electron chi connectivity index (χ0n) is 23.8. The van der Waals surface area contributed by atoms with Gasteiger partial charge in [0.2, 0.25) is 11.8 Å². The largest absolute Gasteiger partial charge is 0.458 e. The quantitative estimate of drug-likeness (QED) is 0.161. The van der Waals surface area contributed by atoms with Gasteiger partial charge in [-0.2, -0.15) is 0 Å². The van der Waals surface area contributed by atoms with E-state index in [1.54, 1.807) is 19.9 Å². The molecule has 5 rings (SSSR count). The highest BCUT2D eigenvalue weighted by Crippen LogP contribution is 2.40. The van der Waals surface area contributed by atoms with Crippen molar-refractivity contribution in [3.8, 4) is 11.4 Å². The molecular formula is C29H31ClFN5O7. The standard InChI is InChI=1S/C29H31ClFN5O7/c1-4-29(41)19-7-23-25-17(10-36(23)27(39)18(19)11-42-28(29)40)16(15-6-20(30)21(31)8-22(15)35-25)9-33-24(37)5-13(2)43-12-34-26(38)14(3)32/h6-8,13-14,41H,4-5,9-12,32H2,1-3H3,(H,33,37)(H,34,38)/t13-,14-,29-/m0/s1. The fourth-order valence-electron chi connectivity index (χ4n) is 5.35. The molecule has 2 aliphatic heterocycles. The van der Waals surface area contributed by atoms with E-state index in [2.05, 4.69) is 15.6 Å². The predicted octanol–water partition coefficient (Wildman–Crippen LogP) is 1.70. The first-order valence-electron chi connectivity index (χ1n) is 13.7. The first-order valence-corrected chi connectivity index (χ1v) is 14.1. The molecule has 4 heterocycles. The van der Waals surface area contributed by atoms with Gasteiger partial charge in [-0.1, -0.05) is 18.5 Å². The van der Waals surface area contributed by atoms with Crippen LogP contribution in [0.15, 0.2) is 23.0 Å². The van der Waals surface area contributed by atoms with Crippen LogP contribution in [-0.4, -0.2) is 51.3 Å². The molecule has 0 saturated heterocycles. The molecule has 2 amide bonds. The molecule has 0 bridgehead atoms. The maximum Gasteiger partial charge on any atom is 0.343 e. The molecule has 228 valence electrons. The van der Waals surface area contributed by atoms with Gasteiger partial charge in [0.05, 0.1) is 52.6 Å². The number of hydrogen-bond acceptors (Lipinski definition) is 9. The van der Waals surface area contributed by atoms with Gasteiger partial charge in [-0.05, 0) is 38.0 Å². The fourth-order valence-corrected chi connectivity index (χ4v) is 5.52. The van der Waals surface area contributed by atoms with Crippen LogP contribution in [-0.2, 0) is 49.2 Å². The summed E-state index contributed by atoms with van der Waals surface area (Å²) in [4.78, 5) is 55.2. The summed E-state index contributed by atoms with van der Waals surface area (Å²) < 4.78 is 26.6. The number of benzene rings is 1. The number of aromatic nitrogens is 2. The number of ether oxygens (including phenoxy) is 2. The maximum atomic E-state index is 14.5. The van der Waals surface area contributed by atoms with Gasteiger partial charge in [-0.15, -0.1) is 0 Å². The number of halogens is 2. The number of carbonyl (C=O) groups is 3. The summed E-state index contributed by atoms with van der Waals surface area (Å²) in [6.07, 6.45) is -0.570. The number of esters is 1. The molecule has 2 aromatic heterocycles. The minimum absolute atomic E-state index is 0.000754. The highest BCUT2D eigenvalue weighted by atomic mass is 35.5. The molecule has 0 unspecified atom stereocenters. The van der Waals surface area contributed by atoms with E-state index >= 15 is 0 Å². The Morgan fingerprint density at radius 2 is 2.00 bits per heavy atom. The zero-order valence-corrected chi connectivity index (χ0v) is 24.5. The van der Waals surface area contributed by atoms with Gasteiger partial charge >= 0.3 is 5.97 Å². The summed E-state index contributed by atoms with van der Waals surface area (Å²) in [6.45, 7) is 4.52. The molecule has 1 aromatic carbocycles. The Balaban J connectivity index is 1.48. The molecule has 0 aliphatic carbocycles. The number of nitrogens with one attached hydrogen (secondary N) is 2. The van der Waals surface area contributed by atoms with Gasteiger partial charge < -0.3 is 35.5 Å². The number of nitrogens with two attached hydrogens (primary N) is 1. The molecule has 5 N–H and O–H groups in total. The predicted molar refractivity (Wildman–Crippen MR) is 153 cm³/mol. The Hall–Kier alpha value is -3.91.